The van der Waals surface area contributed by atoms with Crippen molar-refractivity contribution in [1.29, 1.82) is 0 Å². The van der Waals surface area contributed by atoms with Crippen molar-refractivity contribution in [3.05, 3.63) is 54.1 Å². The molecule has 7 heteroatoms. The molecular formula is C20H22N2O5. The average molecular weight is 370 g/mol. The van der Waals surface area contributed by atoms with E-state index in [0.29, 0.717) is 22.7 Å². The number of nitrogens with one attached hydrogen (secondary N) is 2. The molecular weight excluding hydrogens is 348 g/mol. The lowest BCUT2D eigenvalue weighted by Gasteiger charge is -2.13. The molecule has 2 N–H and O–H groups in total. The van der Waals surface area contributed by atoms with Crippen LogP contribution in [-0.2, 0) is 14.3 Å². The number of rotatable bonds is 7. The van der Waals surface area contributed by atoms with Crippen LogP contribution in [0.3, 0.4) is 0 Å². The Hall–Kier alpha value is -3.35. The van der Waals surface area contributed by atoms with Crippen LogP contribution >= 0.6 is 0 Å². The number of methoxy groups -OCH3 is 1. The van der Waals surface area contributed by atoms with Crippen LogP contribution in [0.5, 0.6) is 5.75 Å². The Morgan fingerprint density at radius 2 is 1.67 bits per heavy atom. The number of esters is 1. The summed E-state index contributed by atoms with van der Waals surface area (Å²) in [5, 5.41) is 5.41. The van der Waals surface area contributed by atoms with Crippen LogP contribution in [-0.4, -0.2) is 31.0 Å². The van der Waals surface area contributed by atoms with Crippen LogP contribution < -0.4 is 15.4 Å². The summed E-state index contributed by atoms with van der Waals surface area (Å²) < 4.78 is 10.2. The summed E-state index contributed by atoms with van der Waals surface area (Å²) in [5.74, 6) is -0.628. The molecule has 0 aliphatic rings. The highest BCUT2D eigenvalue weighted by Crippen LogP contribution is 2.23. The number of anilines is 2. The van der Waals surface area contributed by atoms with E-state index in [-0.39, 0.29) is 12.3 Å². The number of benzene rings is 2. The van der Waals surface area contributed by atoms with E-state index in [9.17, 15) is 14.4 Å². The first-order valence-electron chi connectivity index (χ1n) is 8.49. The van der Waals surface area contributed by atoms with Crippen molar-refractivity contribution in [3.8, 4) is 5.75 Å². The van der Waals surface area contributed by atoms with E-state index < -0.39 is 18.0 Å². The lowest BCUT2D eigenvalue weighted by molar-refractivity contribution is -0.152. The first kappa shape index (κ1) is 20.0. The zero-order chi connectivity index (χ0) is 19.8. The minimum absolute atomic E-state index is 0.202. The van der Waals surface area contributed by atoms with Crippen molar-refractivity contribution in [2.75, 3.05) is 17.7 Å². The number of carbonyl (C=O) groups excluding carboxylic acids is 3. The van der Waals surface area contributed by atoms with Gasteiger partial charge in [0.1, 0.15) is 5.75 Å². The Kier molecular flexibility index (Phi) is 6.93. The third kappa shape index (κ3) is 5.57. The maximum Gasteiger partial charge on any atom is 0.306 e. The molecule has 0 fully saturated rings. The molecule has 0 radical (unpaired) electrons. The predicted molar refractivity (Wildman–Crippen MR) is 102 cm³/mol. The Labute approximate surface area is 157 Å². The summed E-state index contributed by atoms with van der Waals surface area (Å²) in [4.78, 5) is 35.6. The minimum atomic E-state index is -0.897. The zero-order valence-corrected chi connectivity index (χ0v) is 15.4. The van der Waals surface area contributed by atoms with Gasteiger partial charge in [0, 0.05) is 17.7 Å². The van der Waals surface area contributed by atoms with Gasteiger partial charge in [0.25, 0.3) is 11.8 Å². The molecule has 0 bridgehead atoms. The highest BCUT2D eigenvalue weighted by molar-refractivity contribution is 6.05. The molecule has 2 aromatic rings. The van der Waals surface area contributed by atoms with Gasteiger partial charge in [-0.05, 0) is 43.3 Å². The topological polar surface area (TPSA) is 93.7 Å². The Bertz CT molecular complexity index is 817. The van der Waals surface area contributed by atoms with Gasteiger partial charge in [-0.25, -0.2) is 0 Å². The number of para-hydroxylation sites is 2. The van der Waals surface area contributed by atoms with Crippen molar-refractivity contribution in [2.24, 2.45) is 0 Å². The van der Waals surface area contributed by atoms with Gasteiger partial charge >= 0.3 is 5.97 Å². The minimum Gasteiger partial charge on any atom is -0.495 e. The molecule has 2 amide bonds. The van der Waals surface area contributed by atoms with Crippen molar-refractivity contribution in [1.82, 2.24) is 0 Å². The molecule has 7 nitrogen and oxygen atoms in total. The molecule has 27 heavy (non-hydrogen) atoms. The zero-order valence-electron chi connectivity index (χ0n) is 15.4. The lowest BCUT2D eigenvalue weighted by atomic mass is 10.2. The first-order chi connectivity index (χ1) is 12.9. The van der Waals surface area contributed by atoms with Crippen LogP contribution in [0.25, 0.3) is 0 Å². The smallest absolute Gasteiger partial charge is 0.306 e. The van der Waals surface area contributed by atoms with Gasteiger partial charge in [-0.1, -0.05) is 19.1 Å². The Morgan fingerprint density at radius 1 is 1.00 bits per heavy atom. The summed E-state index contributed by atoms with van der Waals surface area (Å²) in [6.45, 7) is 3.15. The van der Waals surface area contributed by atoms with Gasteiger partial charge in [-0.15, -0.1) is 0 Å². The molecule has 0 aliphatic heterocycles. The van der Waals surface area contributed by atoms with Gasteiger partial charge in [-0.3, -0.25) is 14.4 Å². The van der Waals surface area contributed by atoms with Gasteiger partial charge in [-0.2, -0.15) is 0 Å². The molecule has 0 spiro atoms. The molecule has 2 aromatic carbocycles. The van der Waals surface area contributed by atoms with Crippen LogP contribution in [0.15, 0.2) is 48.5 Å². The van der Waals surface area contributed by atoms with Crippen molar-refractivity contribution < 1.29 is 23.9 Å². The molecule has 142 valence electrons. The van der Waals surface area contributed by atoms with E-state index in [1.807, 2.05) is 6.07 Å². The van der Waals surface area contributed by atoms with Crippen molar-refractivity contribution in [3.63, 3.8) is 0 Å². The maximum absolute atomic E-state index is 12.4. The average Bonchev–Trinajstić information content (AvgIpc) is 2.68. The summed E-state index contributed by atoms with van der Waals surface area (Å²) in [7, 11) is 1.53. The van der Waals surface area contributed by atoms with E-state index >= 15 is 0 Å². The Balaban J connectivity index is 1.99. The Morgan fingerprint density at radius 3 is 2.30 bits per heavy atom. The second kappa shape index (κ2) is 9.38. The normalized spacial score (nSPS) is 11.2. The van der Waals surface area contributed by atoms with E-state index in [1.165, 1.54) is 14.0 Å². The number of hydrogen-bond donors (Lipinski definition) is 2. The van der Waals surface area contributed by atoms with Crippen LogP contribution in [0, 0.1) is 0 Å². The summed E-state index contributed by atoms with van der Waals surface area (Å²) in [6.07, 6.45) is -0.695. The second-order valence-corrected chi connectivity index (χ2v) is 5.71. The number of amides is 2. The fourth-order valence-electron chi connectivity index (χ4n) is 2.23. The van der Waals surface area contributed by atoms with Gasteiger partial charge in [0.15, 0.2) is 6.10 Å². The first-order valence-corrected chi connectivity index (χ1v) is 8.49. The molecule has 1 unspecified atom stereocenters. The molecule has 0 saturated carbocycles. The SMILES string of the molecule is CCC(=O)OC(C)C(=O)Nc1ccc(C(=O)Nc2ccccc2OC)cc1. The van der Waals surface area contributed by atoms with Crippen LogP contribution in [0.1, 0.15) is 30.6 Å². The molecule has 2 rings (SSSR count). The summed E-state index contributed by atoms with van der Waals surface area (Å²) in [6, 6.07) is 13.5. The van der Waals surface area contributed by atoms with E-state index in [1.54, 1.807) is 49.4 Å². The highest BCUT2D eigenvalue weighted by Gasteiger charge is 2.17. The molecule has 0 saturated heterocycles. The van der Waals surface area contributed by atoms with Gasteiger partial charge in [0.05, 0.1) is 12.8 Å². The molecule has 0 heterocycles. The maximum atomic E-state index is 12.4. The van der Waals surface area contributed by atoms with Crippen molar-refractivity contribution >= 4 is 29.2 Å². The van der Waals surface area contributed by atoms with Gasteiger partial charge in [0.2, 0.25) is 0 Å². The quantitative estimate of drug-likeness (QED) is 0.730. The van der Waals surface area contributed by atoms with Crippen LogP contribution in [0.2, 0.25) is 0 Å². The number of ether oxygens (including phenoxy) is 2. The van der Waals surface area contributed by atoms with E-state index in [2.05, 4.69) is 10.6 Å². The van der Waals surface area contributed by atoms with E-state index in [4.69, 9.17) is 9.47 Å². The monoisotopic (exact) mass is 370 g/mol. The lowest BCUT2D eigenvalue weighted by Crippen LogP contribution is -2.29. The summed E-state index contributed by atoms with van der Waals surface area (Å²) in [5.41, 5.74) is 1.48. The third-order valence-corrected chi connectivity index (χ3v) is 3.74. The predicted octanol–water partition coefficient (Wildman–Crippen LogP) is 3.23. The molecule has 1 atom stereocenters. The molecule has 0 aromatic heterocycles. The fraction of sp³-hybridized carbons (Fsp3) is 0.250. The number of hydrogen-bond acceptors (Lipinski definition) is 5. The summed E-state index contributed by atoms with van der Waals surface area (Å²) >= 11 is 0. The highest BCUT2D eigenvalue weighted by atomic mass is 16.5. The largest absolute Gasteiger partial charge is 0.495 e. The second-order valence-electron chi connectivity index (χ2n) is 5.71. The van der Waals surface area contributed by atoms with E-state index in [0.717, 1.165) is 0 Å². The fourth-order valence-corrected chi connectivity index (χ4v) is 2.23. The van der Waals surface area contributed by atoms with Gasteiger partial charge < -0.3 is 20.1 Å². The molecule has 0 aliphatic carbocycles. The third-order valence-electron chi connectivity index (χ3n) is 3.74. The standard InChI is InChI=1S/C20H22N2O5/c1-4-18(23)27-13(2)19(24)21-15-11-9-14(10-12-15)20(25)22-16-7-5-6-8-17(16)26-3/h5-13H,4H2,1-3H3,(H,21,24)(H,22,25). The van der Waals surface area contributed by atoms with Crippen LogP contribution in [0.4, 0.5) is 11.4 Å². The number of carbonyl (C=O) groups is 3. The van der Waals surface area contributed by atoms with Crippen molar-refractivity contribution in [2.45, 2.75) is 26.4 Å².